The van der Waals surface area contributed by atoms with Gasteiger partial charge in [0.05, 0.1) is 50.8 Å². The molecule has 3 aromatic rings. The molecular formula is C36H46O6. The van der Waals surface area contributed by atoms with Gasteiger partial charge in [0.25, 0.3) is 0 Å². The molecule has 3 aromatic carbocycles. The predicted octanol–water partition coefficient (Wildman–Crippen LogP) is 6.10. The third kappa shape index (κ3) is 9.33. The molecule has 0 saturated carbocycles. The summed E-state index contributed by atoms with van der Waals surface area (Å²) < 4.78 is 26.0. The number of aliphatic hydroxyl groups excluding tert-OH is 2. The second-order valence-corrected chi connectivity index (χ2v) is 11.2. The number of hydrogen-bond donors (Lipinski definition) is 2. The molecule has 0 amide bonds. The van der Waals surface area contributed by atoms with Gasteiger partial charge in [-0.3, -0.25) is 0 Å². The van der Waals surface area contributed by atoms with Gasteiger partial charge in [0.2, 0.25) is 0 Å². The van der Waals surface area contributed by atoms with Crippen LogP contribution in [0.3, 0.4) is 0 Å². The minimum absolute atomic E-state index is 0.0140. The van der Waals surface area contributed by atoms with Crippen molar-refractivity contribution in [1.29, 1.82) is 0 Å². The second kappa shape index (κ2) is 16.7. The number of benzene rings is 3. The van der Waals surface area contributed by atoms with E-state index in [9.17, 15) is 10.2 Å². The first-order chi connectivity index (χ1) is 20.5. The Labute approximate surface area is 250 Å². The Bertz CT molecular complexity index is 1170. The summed E-state index contributed by atoms with van der Waals surface area (Å²) in [5, 5.41) is 20.8. The SMILES string of the molecule is CC[C@@H](O)[C@@H](O)[C@@H](C)/C=C\C1OC(COCc2ccccc2)C(C)C(OCc2ccccc2)C1OCc1ccccc1. The Morgan fingerprint density at radius 3 is 1.79 bits per heavy atom. The van der Waals surface area contributed by atoms with E-state index in [0.717, 1.165) is 16.7 Å². The molecule has 0 radical (unpaired) electrons. The zero-order valence-electron chi connectivity index (χ0n) is 25.0. The maximum Gasteiger partial charge on any atom is 0.114 e. The van der Waals surface area contributed by atoms with Gasteiger partial charge in [-0.15, -0.1) is 0 Å². The highest BCUT2D eigenvalue weighted by Gasteiger charge is 2.44. The van der Waals surface area contributed by atoms with Gasteiger partial charge in [-0.25, -0.2) is 0 Å². The standard InChI is InChI=1S/C36H46O6/c1-4-31(37)34(38)26(2)20-21-32-36(41-24-30-18-12-7-13-19-30)35(40-23-29-16-10-6-11-17-29)27(3)33(42-32)25-39-22-28-14-8-5-9-15-28/h5-21,26-27,31-38H,4,22-25H2,1-3H3/b21-20-/t26-,27?,31+,32?,33?,34-,35?,36?/m0/s1. The van der Waals surface area contributed by atoms with Crippen molar-refractivity contribution >= 4 is 0 Å². The summed E-state index contributed by atoms with van der Waals surface area (Å²) in [5.41, 5.74) is 3.26. The largest absolute Gasteiger partial charge is 0.390 e. The summed E-state index contributed by atoms with van der Waals surface area (Å²) in [7, 11) is 0. The Morgan fingerprint density at radius 1 is 0.762 bits per heavy atom. The van der Waals surface area contributed by atoms with Gasteiger partial charge >= 0.3 is 0 Å². The molecule has 0 aliphatic carbocycles. The molecular weight excluding hydrogens is 528 g/mol. The Balaban J connectivity index is 1.56. The smallest absolute Gasteiger partial charge is 0.114 e. The molecule has 1 aliphatic heterocycles. The summed E-state index contributed by atoms with van der Waals surface area (Å²) in [5.74, 6) is -0.283. The molecule has 226 valence electrons. The summed E-state index contributed by atoms with van der Waals surface area (Å²) >= 11 is 0. The van der Waals surface area contributed by atoms with Crippen molar-refractivity contribution in [3.8, 4) is 0 Å². The molecule has 2 N–H and O–H groups in total. The van der Waals surface area contributed by atoms with Crippen molar-refractivity contribution in [1.82, 2.24) is 0 Å². The van der Waals surface area contributed by atoms with E-state index in [2.05, 4.69) is 19.1 Å². The summed E-state index contributed by atoms with van der Waals surface area (Å²) in [6.45, 7) is 7.66. The van der Waals surface area contributed by atoms with E-state index in [1.807, 2.05) is 105 Å². The molecule has 0 aromatic heterocycles. The van der Waals surface area contributed by atoms with Gasteiger partial charge in [0, 0.05) is 11.8 Å². The maximum atomic E-state index is 10.6. The lowest BCUT2D eigenvalue weighted by Crippen LogP contribution is -2.56. The minimum Gasteiger partial charge on any atom is -0.390 e. The molecule has 0 bridgehead atoms. The van der Waals surface area contributed by atoms with E-state index in [1.54, 1.807) is 0 Å². The quantitative estimate of drug-likeness (QED) is 0.214. The molecule has 6 nitrogen and oxygen atoms in total. The first-order valence-electron chi connectivity index (χ1n) is 15.1. The summed E-state index contributed by atoms with van der Waals surface area (Å²) in [6, 6.07) is 30.3. The van der Waals surface area contributed by atoms with E-state index in [1.165, 1.54) is 0 Å². The zero-order valence-corrected chi connectivity index (χ0v) is 25.0. The van der Waals surface area contributed by atoms with E-state index < -0.39 is 24.4 Å². The zero-order chi connectivity index (χ0) is 29.7. The average molecular weight is 575 g/mol. The highest BCUT2D eigenvalue weighted by Crippen LogP contribution is 2.33. The molecule has 1 fully saturated rings. The van der Waals surface area contributed by atoms with Crippen molar-refractivity contribution in [3.63, 3.8) is 0 Å². The molecule has 1 heterocycles. The number of ether oxygens (including phenoxy) is 4. The van der Waals surface area contributed by atoms with Crippen molar-refractivity contribution in [3.05, 3.63) is 120 Å². The van der Waals surface area contributed by atoms with Gasteiger partial charge in [-0.1, -0.05) is 124 Å². The second-order valence-electron chi connectivity index (χ2n) is 11.2. The van der Waals surface area contributed by atoms with Crippen molar-refractivity contribution in [2.75, 3.05) is 6.61 Å². The van der Waals surface area contributed by atoms with Crippen LogP contribution >= 0.6 is 0 Å². The monoisotopic (exact) mass is 574 g/mol. The molecule has 0 spiro atoms. The Morgan fingerprint density at radius 2 is 1.26 bits per heavy atom. The molecule has 1 saturated heterocycles. The lowest BCUT2D eigenvalue weighted by atomic mass is 9.87. The molecule has 5 unspecified atom stereocenters. The normalized spacial score (nSPS) is 24.8. The van der Waals surface area contributed by atoms with Gasteiger partial charge in [-0.2, -0.15) is 0 Å². The molecule has 8 atom stereocenters. The first kappa shape index (κ1) is 32.1. The number of hydrogen-bond acceptors (Lipinski definition) is 6. The molecule has 4 rings (SSSR count). The van der Waals surface area contributed by atoms with Crippen LogP contribution in [-0.2, 0) is 38.8 Å². The van der Waals surface area contributed by atoms with Crippen LogP contribution in [0.4, 0.5) is 0 Å². The van der Waals surface area contributed by atoms with Crippen LogP contribution in [0.2, 0.25) is 0 Å². The van der Waals surface area contributed by atoms with Crippen molar-refractivity contribution in [2.45, 2.75) is 83.6 Å². The van der Waals surface area contributed by atoms with Crippen LogP contribution in [0.5, 0.6) is 0 Å². The number of rotatable bonds is 15. The summed E-state index contributed by atoms with van der Waals surface area (Å²) in [6.07, 6.45) is 1.35. The lowest BCUT2D eigenvalue weighted by Gasteiger charge is -2.45. The van der Waals surface area contributed by atoms with Gasteiger partial charge in [0.1, 0.15) is 12.2 Å². The first-order valence-corrected chi connectivity index (χ1v) is 15.1. The van der Waals surface area contributed by atoms with Gasteiger partial charge < -0.3 is 29.2 Å². The third-order valence-corrected chi connectivity index (χ3v) is 8.00. The molecule has 6 heteroatoms. The predicted molar refractivity (Wildman–Crippen MR) is 165 cm³/mol. The van der Waals surface area contributed by atoms with Crippen molar-refractivity contribution in [2.24, 2.45) is 11.8 Å². The van der Waals surface area contributed by atoms with Crippen LogP contribution in [0.1, 0.15) is 43.9 Å². The molecule has 42 heavy (non-hydrogen) atoms. The van der Waals surface area contributed by atoms with E-state index in [-0.39, 0.29) is 24.0 Å². The minimum atomic E-state index is -0.868. The van der Waals surface area contributed by atoms with E-state index in [4.69, 9.17) is 18.9 Å². The van der Waals surface area contributed by atoms with Gasteiger partial charge in [-0.05, 0) is 23.1 Å². The fourth-order valence-electron chi connectivity index (χ4n) is 5.27. The van der Waals surface area contributed by atoms with Gasteiger partial charge in [0.15, 0.2) is 0 Å². The summed E-state index contributed by atoms with van der Waals surface area (Å²) in [4.78, 5) is 0. The van der Waals surface area contributed by atoms with Crippen LogP contribution in [0.15, 0.2) is 103 Å². The topological polar surface area (TPSA) is 77.4 Å². The average Bonchev–Trinajstić information content (AvgIpc) is 3.04. The Kier molecular flexibility index (Phi) is 12.8. The van der Waals surface area contributed by atoms with Crippen LogP contribution in [-0.4, -0.2) is 53.4 Å². The maximum absolute atomic E-state index is 10.6. The number of aliphatic hydroxyl groups is 2. The van der Waals surface area contributed by atoms with Crippen LogP contribution in [0.25, 0.3) is 0 Å². The van der Waals surface area contributed by atoms with E-state index >= 15 is 0 Å². The van der Waals surface area contributed by atoms with Crippen molar-refractivity contribution < 1.29 is 29.2 Å². The third-order valence-electron chi connectivity index (χ3n) is 8.00. The Hall–Kier alpha value is -2.84. The molecule has 1 aliphatic rings. The van der Waals surface area contributed by atoms with Crippen LogP contribution < -0.4 is 0 Å². The lowest BCUT2D eigenvalue weighted by molar-refractivity contribution is -0.228. The van der Waals surface area contributed by atoms with E-state index in [0.29, 0.717) is 32.8 Å². The highest BCUT2D eigenvalue weighted by atomic mass is 16.6. The fourth-order valence-corrected chi connectivity index (χ4v) is 5.27. The van der Waals surface area contributed by atoms with Crippen LogP contribution in [0, 0.1) is 11.8 Å². The fraction of sp³-hybridized carbons (Fsp3) is 0.444. The highest BCUT2D eigenvalue weighted by molar-refractivity contribution is 5.16.